The van der Waals surface area contributed by atoms with Crippen molar-refractivity contribution in [3.63, 3.8) is 0 Å². The number of unbranched alkanes of at least 4 members (excludes halogenated alkanes) is 3. The molecule has 293 valence electrons. The van der Waals surface area contributed by atoms with Crippen LogP contribution in [0.2, 0.25) is 0 Å². The number of aromatic nitrogens is 4. The molecule has 0 fully saturated rings. The molecule has 0 aliphatic heterocycles. The molecule has 2 aromatic heterocycles. The third-order valence-electron chi connectivity index (χ3n) is 7.42. The molecular formula is C31H44N8O13Re. The minimum absolute atomic E-state index is 0. The van der Waals surface area contributed by atoms with Gasteiger partial charge in [-0.15, -0.1) is 0 Å². The van der Waals surface area contributed by atoms with Crippen molar-refractivity contribution in [2.24, 2.45) is 0 Å². The van der Waals surface area contributed by atoms with Crippen LogP contribution >= 0.6 is 0 Å². The first-order valence-corrected chi connectivity index (χ1v) is 16.1. The number of carboxylic acid groups (broad SMARTS) is 5. The molecule has 0 aliphatic carbocycles. The fourth-order valence-electron chi connectivity index (χ4n) is 4.90. The van der Waals surface area contributed by atoms with Crippen LogP contribution in [0.25, 0.3) is 0 Å². The van der Waals surface area contributed by atoms with Crippen LogP contribution in [0.15, 0.2) is 24.8 Å². The van der Waals surface area contributed by atoms with Gasteiger partial charge in [-0.2, -0.15) is 0 Å². The SMILES string of the molecule is O=C(O)CC[C@H](NC(=O)N[C@@H](CCCCNC(=O)CCCCCN(Cc1nccn1CC(=O)O)Cc1nccn1CC(=O)O)C(=O)O)C(=O)O.[C-]#[O+].[Re]. The fraction of sp³-hybridized carbons (Fsp3) is 0.548. The molecule has 1 radical (unpaired) electrons. The maximum absolute atomic E-state index is 12.3. The monoisotopic (exact) mass is 923 g/mol. The topological polar surface area (TPSA) is 316 Å². The second kappa shape index (κ2) is 26.6. The second-order valence-corrected chi connectivity index (χ2v) is 11.4. The van der Waals surface area contributed by atoms with E-state index in [-0.39, 0.29) is 65.2 Å². The molecule has 21 nitrogen and oxygen atoms in total. The van der Waals surface area contributed by atoms with Gasteiger partial charge in [0.2, 0.25) is 5.91 Å². The molecule has 2 heterocycles. The normalized spacial score (nSPS) is 11.5. The molecule has 0 saturated heterocycles. The fourth-order valence-corrected chi connectivity index (χ4v) is 4.90. The van der Waals surface area contributed by atoms with E-state index in [9.17, 15) is 48.9 Å². The molecule has 53 heavy (non-hydrogen) atoms. The molecule has 0 aromatic carbocycles. The van der Waals surface area contributed by atoms with Crippen LogP contribution in [0.4, 0.5) is 4.79 Å². The van der Waals surface area contributed by atoms with Gasteiger partial charge in [-0.3, -0.25) is 24.1 Å². The zero-order chi connectivity index (χ0) is 39.1. The van der Waals surface area contributed by atoms with E-state index in [4.69, 9.17) is 14.9 Å². The number of hydrogen-bond acceptors (Lipinski definition) is 10. The summed E-state index contributed by atoms with van der Waals surface area (Å²) in [4.78, 5) is 91.0. The molecule has 0 unspecified atom stereocenters. The summed E-state index contributed by atoms with van der Waals surface area (Å²) in [6.07, 6.45) is 8.21. The van der Waals surface area contributed by atoms with Gasteiger partial charge >= 0.3 is 47.2 Å². The van der Waals surface area contributed by atoms with Gasteiger partial charge < -0.3 is 50.6 Å². The van der Waals surface area contributed by atoms with Crippen LogP contribution in [0.5, 0.6) is 0 Å². The molecule has 0 spiro atoms. The van der Waals surface area contributed by atoms with Crippen LogP contribution in [-0.4, -0.2) is 116 Å². The second-order valence-electron chi connectivity index (χ2n) is 11.4. The van der Waals surface area contributed by atoms with Gasteiger partial charge in [-0.1, -0.05) is 6.42 Å². The summed E-state index contributed by atoms with van der Waals surface area (Å²) in [7, 11) is 0. The summed E-state index contributed by atoms with van der Waals surface area (Å²) in [5.41, 5.74) is 0. The van der Waals surface area contributed by atoms with E-state index in [2.05, 4.69) is 32.6 Å². The third kappa shape index (κ3) is 20.5. The van der Waals surface area contributed by atoms with Gasteiger partial charge in [-0.05, 0) is 45.1 Å². The predicted molar refractivity (Wildman–Crippen MR) is 174 cm³/mol. The Hall–Kier alpha value is -5.13. The molecule has 22 heteroatoms. The summed E-state index contributed by atoms with van der Waals surface area (Å²) in [6, 6.07) is -3.88. The van der Waals surface area contributed by atoms with E-state index in [1.54, 1.807) is 12.4 Å². The van der Waals surface area contributed by atoms with E-state index in [0.717, 1.165) is 0 Å². The number of hydrogen-bond donors (Lipinski definition) is 8. The molecule has 2 atom stereocenters. The van der Waals surface area contributed by atoms with E-state index in [1.165, 1.54) is 21.5 Å². The largest absolute Gasteiger partial charge is 0 e. The van der Waals surface area contributed by atoms with Crippen molar-refractivity contribution in [3.05, 3.63) is 43.1 Å². The van der Waals surface area contributed by atoms with Crippen molar-refractivity contribution in [3.8, 4) is 0 Å². The summed E-state index contributed by atoms with van der Waals surface area (Å²) in [5, 5.41) is 52.7. The summed E-state index contributed by atoms with van der Waals surface area (Å²) < 4.78 is 10.5. The van der Waals surface area contributed by atoms with E-state index in [0.29, 0.717) is 63.4 Å². The zero-order valence-corrected chi connectivity index (χ0v) is 31.4. The number of nitrogens with one attached hydrogen (secondary N) is 3. The van der Waals surface area contributed by atoms with Crippen LogP contribution in [0, 0.1) is 6.65 Å². The average Bonchev–Trinajstić information content (AvgIpc) is 3.70. The number of urea groups is 1. The zero-order valence-electron chi connectivity index (χ0n) is 28.7. The van der Waals surface area contributed by atoms with Gasteiger partial charge in [0.15, 0.2) is 0 Å². The van der Waals surface area contributed by atoms with Gasteiger partial charge in [0, 0.05) is 64.6 Å². The molecule has 2 rings (SSSR count). The van der Waals surface area contributed by atoms with Crippen LogP contribution in [0.1, 0.15) is 69.4 Å². The van der Waals surface area contributed by atoms with Crippen LogP contribution < -0.4 is 16.0 Å². The number of carboxylic acids is 5. The Bertz CT molecular complexity index is 1460. The summed E-state index contributed by atoms with van der Waals surface area (Å²) >= 11 is 0. The van der Waals surface area contributed by atoms with Gasteiger partial charge in [-0.25, -0.2) is 24.4 Å². The maximum Gasteiger partial charge on any atom is 0 e. The molecule has 3 amide bonds. The third-order valence-corrected chi connectivity index (χ3v) is 7.42. The van der Waals surface area contributed by atoms with Crippen molar-refractivity contribution in [1.29, 1.82) is 0 Å². The van der Waals surface area contributed by atoms with E-state index >= 15 is 0 Å². The molecular weight excluding hydrogens is 879 g/mol. The Morgan fingerprint density at radius 1 is 0.698 bits per heavy atom. The number of imidazole rings is 2. The Balaban J connectivity index is 0.00000885. The van der Waals surface area contributed by atoms with Crippen molar-refractivity contribution < 1.29 is 84.2 Å². The first-order valence-electron chi connectivity index (χ1n) is 16.1. The molecule has 0 bridgehead atoms. The number of nitrogens with zero attached hydrogens (tertiary/aromatic N) is 5. The number of carbonyl (C=O) groups excluding carboxylic acids is 2. The van der Waals surface area contributed by atoms with Crippen LogP contribution in [-0.2, 0) is 80.0 Å². The number of amides is 3. The minimum Gasteiger partial charge on any atom is 0 e. The predicted octanol–water partition coefficient (Wildman–Crippen LogP) is 0.128. The van der Waals surface area contributed by atoms with Crippen LogP contribution in [0.3, 0.4) is 0 Å². The standard InChI is InChI=1S/C30H44N8O12.CO.Re/c39-24(33-10-4-3-6-20(28(46)47)34-30(50)35-21(29(48)49)8-9-25(40)41)7-2-1-5-13-36(16-22-31-11-14-37(22)18-26(42)43)17-23-32-12-15-38(23)19-27(44)45;1-2;/h11-12,14-15,20-21H,1-10,13,16-19H2,(H,33,39)(H,40,41)(H,42,43)(H,44,45)(H,46,47)(H,48,49)(H2,34,35,50);;/t20-,21-;;/m0../s1. The molecule has 0 saturated carbocycles. The Morgan fingerprint density at radius 3 is 1.68 bits per heavy atom. The number of aliphatic carboxylic acids is 5. The maximum atomic E-state index is 12.3. The number of rotatable bonds is 26. The van der Waals surface area contributed by atoms with E-state index < -0.39 is 54.4 Å². The Labute approximate surface area is 317 Å². The Morgan fingerprint density at radius 2 is 1.21 bits per heavy atom. The Kier molecular flexibility index (Phi) is 24.0. The van der Waals surface area contributed by atoms with Crippen molar-refractivity contribution in [2.45, 2.75) is 96.1 Å². The first kappa shape index (κ1) is 47.9. The summed E-state index contributed by atoms with van der Waals surface area (Å²) in [6.45, 7) is 5.38. The van der Waals surface area contributed by atoms with Crippen molar-refractivity contribution >= 4 is 41.8 Å². The van der Waals surface area contributed by atoms with Gasteiger partial charge in [0.25, 0.3) is 0 Å². The van der Waals surface area contributed by atoms with E-state index in [1.807, 2.05) is 4.90 Å². The molecule has 8 N–H and O–H groups in total. The molecule has 2 aromatic rings. The number of carbonyl (C=O) groups is 7. The minimum atomic E-state index is -1.50. The van der Waals surface area contributed by atoms with Gasteiger partial charge in [0.05, 0.1) is 13.1 Å². The first-order chi connectivity index (χ1) is 24.7. The van der Waals surface area contributed by atoms with Crippen molar-refractivity contribution in [1.82, 2.24) is 40.0 Å². The van der Waals surface area contributed by atoms with Crippen molar-refractivity contribution in [2.75, 3.05) is 13.1 Å². The average molecular weight is 923 g/mol. The smallest absolute Gasteiger partial charge is 0 e. The molecule has 0 aliphatic rings. The van der Waals surface area contributed by atoms with Gasteiger partial charge in [0.1, 0.15) is 36.8 Å². The summed E-state index contributed by atoms with van der Waals surface area (Å²) in [5.74, 6) is -5.21. The quantitative estimate of drug-likeness (QED) is 0.0353.